The van der Waals surface area contributed by atoms with Crippen LogP contribution in [-0.2, 0) is 6.54 Å². The molecule has 1 aliphatic rings. The normalized spacial score (nSPS) is 23.9. The monoisotopic (exact) mass is 275 g/mol. The Bertz CT molecular complexity index is 632. The Labute approximate surface area is 119 Å². The van der Waals surface area contributed by atoms with E-state index >= 15 is 0 Å². The zero-order valence-electron chi connectivity index (χ0n) is 11.6. The van der Waals surface area contributed by atoms with Gasteiger partial charge in [-0.15, -0.1) is 0 Å². The van der Waals surface area contributed by atoms with Crippen LogP contribution in [-0.4, -0.2) is 14.5 Å². The maximum absolute atomic E-state index is 5.47. The Morgan fingerprint density at radius 3 is 2.84 bits per heavy atom. The molecule has 3 nitrogen and oxygen atoms in total. The summed E-state index contributed by atoms with van der Waals surface area (Å²) >= 11 is 5.47. The average Bonchev–Trinajstić information content (AvgIpc) is 2.71. The SMILES string of the molecule is Cc1ccnc2c1[nH]c(=S)n2CC1CCC(C)CC1. The molecule has 3 rings (SSSR count). The Morgan fingerprint density at radius 2 is 2.11 bits per heavy atom. The smallest absolute Gasteiger partial charge is 0.179 e. The van der Waals surface area contributed by atoms with E-state index in [0.717, 1.165) is 34.3 Å². The van der Waals surface area contributed by atoms with Gasteiger partial charge in [0.1, 0.15) is 0 Å². The number of H-pyrrole nitrogens is 1. The van der Waals surface area contributed by atoms with Gasteiger partial charge in [-0.25, -0.2) is 4.98 Å². The predicted octanol–water partition coefficient (Wildman–Crippen LogP) is 4.23. The third-order valence-electron chi connectivity index (χ3n) is 4.45. The highest BCUT2D eigenvalue weighted by Gasteiger charge is 2.20. The lowest BCUT2D eigenvalue weighted by molar-refractivity contribution is 0.265. The van der Waals surface area contributed by atoms with Crippen molar-refractivity contribution in [1.29, 1.82) is 0 Å². The van der Waals surface area contributed by atoms with Crippen molar-refractivity contribution in [2.75, 3.05) is 0 Å². The van der Waals surface area contributed by atoms with E-state index in [4.69, 9.17) is 12.2 Å². The number of aromatic nitrogens is 3. The third-order valence-corrected chi connectivity index (χ3v) is 4.77. The number of hydrogen-bond donors (Lipinski definition) is 1. The minimum atomic E-state index is 0.754. The number of aryl methyl sites for hydroxylation is 1. The Balaban J connectivity index is 1.91. The molecule has 0 saturated heterocycles. The van der Waals surface area contributed by atoms with Crippen molar-refractivity contribution in [1.82, 2.24) is 14.5 Å². The molecule has 0 radical (unpaired) electrons. The molecule has 1 fully saturated rings. The number of imidazole rings is 1. The van der Waals surface area contributed by atoms with Crippen LogP contribution in [0.4, 0.5) is 0 Å². The van der Waals surface area contributed by atoms with Crippen molar-refractivity contribution in [3.63, 3.8) is 0 Å². The van der Waals surface area contributed by atoms with E-state index in [9.17, 15) is 0 Å². The van der Waals surface area contributed by atoms with Gasteiger partial charge < -0.3 is 9.55 Å². The molecule has 0 bridgehead atoms. The molecule has 0 aliphatic heterocycles. The van der Waals surface area contributed by atoms with E-state index in [1.807, 2.05) is 12.3 Å². The van der Waals surface area contributed by atoms with E-state index in [2.05, 4.69) is 28.4 Å². The van der Waals surface area contributed by atoms with E-state index in [1.54, 1.807) is 0 Å². The second kappa shape index (κ2) is 5.08. The molecule has 0 aromatic carbocycles. The predicted molar refractivity (Wildman–Crippen MR) is 80.8 cm³/mol. The first-order chi connectivity index (χ1) is 9.15. The summed E-state index contributed by atoms with van der Waals surface area (Å²) in [6, 6.07) is 2.03. The minimum absolute atomic E-state index is 0.754. The van der Waals surface area contributed by atoms with Crippen LogP contribution in [0.15, 0.2) is 12.3 Å². The molecule has 0 unspecified atom stereocenters. The molecule has 2 aromatic rings. The third kappa shape index (κ3) is 2.46. The van der Waals surface area contributed by atoms with E-state index in [-0.39, 0.29) is 0 Å². The number of rotatable bonds is 2. The summed E-state index contributed by atoms with van der Waals surface area (Å²) in [6.07, 6.45) is 7.22. The molecule has 0 amide bonds. The second-order valence-corrected chi connectivity index (χ2v) is 6.38. The molecule has 2 heterocycles. The highest BCUT2D eigenvalue weighted by Crippen LogP contribution is 2.30. The molecule has 0 spiro atoms. The van der Waals surface area contributed by atoms with Crippen LogP contribution >= 0.6 is 12.2 Å². The van der Waals surface area contributed by atoms with Gasteiger partial charge in [0.25, 0.3) is 0 Å². The molecule has 1 N–H and O–H groups in total. The zero-order valence-corrected chi connectivity index (χ0v) is 12.5. The summed E-state index contributed by atoms with van der Waals surface area (Å²) in [7, 11) is 0. The summed E-state index contributed by atoms with van der Waals surface area (Å²) in [5, 5.41) is 0. The van der Waals surface area contributed by atoms with Gasteiger partial charge in [-0.3, -0.25) is 0 Å². The van der Waals surface area contributed by atoms with Gasteiger partial charge in [0, 0.05) is 12.7 Å². The number of hydrogen-bond acceptors (Lipinski definition) is 2. The van der Waals surface area contributed by atoms with Crippen LogP contribution in [0.3, 0.4) is 0 Å². The molecule has 2 aromatic heterocycles. The fourth-order valence-corrected chi connectivity index (χ4v) is 3.38. The topological polar surface area (TPSA) is 33.6 Å². The lowest BCUT2D eigenvalue weighted by atomic mass is 9.83. The van der Waals surface area contributed by atoms with Crippen molar-refractivity contribution in [3.8, 4) is 0 Å². The summed E-state index contributed by atoms with van der Waals surface area (Å²) in [4.78, 5) is 7.82. The molecule has 1 aliphatic carbocycles. The fourth-order valence-electron chi connectivity index (χ4n) is 3.11. The van der Waals surface area contributed by atoms with Gasteiger partial charge in [-0.1, -0.05) is 19.8 Å². The van der Waals surface area contributed by atoms with Gasteiger partial charge in [0.05, 0.1) is 5.52 Å². The first-order valence-electron chi connectivity index (χ1n) is 7.19. The number of aromatic amines is 1. The van der Waals surface area contributed by atoms with Crippen molar-refractivity contribution >= 4 is 23.4 Å². The number of nitrogens with zero attached hydrogens (tertiary/aromatic N) is 2. The zero-order chi connectivity index (χ0) is 13.4. The van der Waals surface area contributed by atoms with Gasteiger partial charge >= 0.3 is 0 Å². The van der Waals surface area contributed by atoms with Crippen LogP contribution in [0.5, 0.6) is 0 Å². The molecular weight excluding hydrogens is 254 g/mol. The molecule has 19 heavy (non-hydrogen) atoms. The number of fused-ring (bicyclic) bond motifs is 1. The van der Waals surface area contributed by atoms with Crippen LogP contribution < -0.4 is 0 Å². The van der Waals surface area contributed by atoms with Crippen molar-refractivity contribution in [2.24, 2.45) is 11.8 Å². The summed E-state index contributed by atoms with van der Waals surface area (Å²) < 4.78 is 3.01. The standard InChI is InChI=1S/C15H21N3S/c1-10-3-5-12(6-4-10)9-18-14-13(17-15(18)19)11(2)7-8-16-14/h7-8,10,12H,3-6,9H2,1-2H3,(H,17,19). The molecule has 4 heteroatoms. The summed E-state index contributed by atoms with van der Waals surface area (Å²) in [5.41, 5.74) is 3.33. The van der Waals surface area contributed by atoms with Crippen molar-refractivity contribution < 1.29 is 0 Å². The van der Waals surface area contributed by atoms with Gasteiger partial charge in [-0.2, -0.15) is 0 Å². The van der Waals surface area contributed by atoms with Gasteiger partial charge in [-0.05, 0) is 55.4 Å². The average molecular weight is 275 g/mol. The molecule has 102 valence electrons. The van der Waals surface area contributed by atoms with Crippen LogP contribution in [0.25, 0.3) is 11.2 Å². The molecule has 0 atom stereocenters. The van der Waals surface area contributed by atoms with Crippen LogP contribution in [0, 0.1) is 23.5 Å². The Kier molecular flexibility index (Phi) is 3.44. The summed E-state index contributed by atoms with van der Waals surface area (Å²) in [6.45, 7) is 5.47. The van der Waals surface area contributed by atoms with Crippen molar-refractivity contribution in [3.05, 3.63) is 22.6 Å². The number of pyridine rings is 1. The molecular formula is C15H21N3S. The van der Waals surface area contributed by atoms with Crippen LogP contribution in [0.1, 0.15) is 38.2 Å². The Morgan fingerprint density at radius 1 is 1.37 bits per heavy atom. The largest absolute Gasteiger partial charge is 0.329 e. The maximum atomic E-state index is 5.47. The quantitative estimate of drug-likeness (QED) is 0.832. The first-order valence-corrected chi connectivity index (χ1v) is 7.60. The highest BCUT2D eigenvalue weighted by molar-refractivity contribution is 7.71. The highest BCUT2D eigenvalue weighted by atomic mass is 32.1. The van der Waals surface area contributed by atoms with E-state index in [0.29, 0.717) is 0 Å². The van der Waals surface area contributed by atoms with E-state index < -0.39 is 0 Å². The fraction of sp³-hybridized carbons (Fsp3) is 0.600. The Hall–Kier alpha value is -1.16. The second-order valence-electron chi connectivity index (χ2n) is 5.99. The van der Waals surface area contributed by atoms with E-state index in [1.165, 1.54) is 31.2 Å². The lowest BCUT2D eigenvalue weighted by Gasteiger charge is -2.26. The van der Waals surface area contributed by atoms with Crippen molar-refractivity contribution in [2.45, 2.75) is 46.1 Å². The van der Waals surface area contributed by atoms with Crippen LogP contribution in [0.2, 0.25) is 0 Å². The maximum Gasteiger partial charge on any atom is 0.179 e. The number of nitrogens with one attached hydrogen (secondary N) is 1. The lowest BCUT2D eigenvalue weighted by Crippen LogP contribution is -2.18. The molecule has 1 saturated carbocycles. The summed E-state index contributed by atoms with van der Waals surface area (Å²) in [5.74, 6) is 1.65. The first kappa shape index (κ1) is 12.9. The van der Waals surface area contributed by atoms with Gasteiger partial charge in [0.15, 0.2) is 10.4 Å². The minimum Gasteiger partial charge on any atom is -0.329 e. The van der Waals surface area contributed by atoms with Gasteiger partial charge in [0.2, 0.25) is 0 Å².